The van der Waals surface area contributed by atoms with Crippen molar-refractivity contribution in [1.82, 2.24) is 4.73 Å². The van der Waals surface area contributed by atoms with Gasteiger partial charge in [-0.05, 0) is 11.5 Å². The fourth-order valence-corrected chi connectivity index (χ4v) is 2.34. The number of benzene rings is 1. The highest BCUT2D eigenvalue weighted by molar-refractivity contribution is 5.92. The lowest BCUT2D eigenvalue weighted by Crippen LogP contribution is -2.23. The van der Waals surface area contributed by atoms with Gasteiger partial charge in [-0.3, -0.25) is 10.1 Å². The number of nitriles is 1. The van der Waals surface area contributed by atoms with Gasteiger partial charge < -0.3 is 4.84 Å². The van der Waals surface area contributed by atoms with Crippen LogP contribution in [0.4, 0.5) is 5.69 Å². The second kappa shape index (κ2) is 6.08. The Hall–Kier alpha value is -2.88. The van der Waals surface area contributed by atoms with E-state index in [1.165, 1.54) is 23.1 Å². The molecule has 0 bridgehead atoms. The Morgan fingerprint density at radius 2 is 2.13 bits per heavy atom. The molecule has 0 amide bonds. The fourth-order valence-electron chi connectivity index (χ4n) is 2.34. The number of rotatable bonds is 4. The van der Waals surface area contributed by atoms with Crippen LogP contribution in [0.2, 0.25) is 0 Å². The second-order valence-electron chi connectivity index (χ2n) is 6.44. The summed E-state index contributed by atoms with van der Waals surface area (Å²) < 4.78 is 1.21. The Balaban J connectivity index is 2.50. The number of nitrogens with zero attached hydrogens (tertiary/aromatic N) is 3. The summed E-state index contributed by atoms with van der Waals surface area (Å²) in [5.41, 5.74) is 0.505. The number of hydrogen-bond acceptors (Lipinski definition) is 5. The topological polar surface area (TPSA) is 98.2 Å². The van der Waals surface area contributed by atoms with Crippen LogP contribution in [0.15, 0.2) is 24.4 Å². The van der Waals surface area contributed by atoms with Crippen molar-refractivity contribution in [2.75, 3.05) is 0 Å². The molecular formula is C16H17N3O4. The molecule has 0 aliphatic heterocycles. The van der Waals surface area contributed by atoms with Gasteiger partial charge in [0.2, 0.25) is 0 Å². The normalized spacial score (nSPS) is 11.2. The number of nitro benzene ring substituents is 1. The fraction of sp³-hybridized carbons (Fsp3) is 0.375. The van der Waals surface area contributed by atoms with Crippen molar-refractivity contribution in [3.63, 3.8) is 0 Å². The first-order valence-corrected chi connectivity index (χ1v) is 7.08. The zero-order valence-electron chi connectivity index (χ0n) is 13.2. The average Bonchev–Trinajstić information content (AvgIpc) is 2.75. The quantitative estimate of drug-likeness (QED) is 0.638. The monoisotopic (exact) mass is 315 g/mol. The Labute approximate surface area is 133 Å². The maximum atomic E-state index is 12.0. The van der Waals surface area contributed by atoms with Crippen molar-refractivity contribution in [3.8, 4) is 6.07 Å². The number of hydrogen-bond donors (Lipinski definition) is 0. The third-order valence-electron chi connectivity index (χ3n) is 3.19. The molecule has 0 saturated heterocycles. The maximum Gasteiger partial charge on any atom is 0.333 e. The number of nitro groups is 1. The van der Waals surface area contributed by atoms with Crippen LogP contribution < -0.4 is 4.84 Å². The molecule has 0 unspecified atom stereocenters. The molecule has 120 valence electrons. The molecule has 1 heterocycles. The molecule has 0 aliphatic carbocycles. The highest BCUT2D eigenvalue weighted by atomic mass is 16.7. The molecule has 7 nitrogen and oxygen atoms in total. The molecule has 0 N–H and O–H groups in total. The lowest BCUT2D eigenvalue weighted by atomic mass is 9.93. The minimum Gasteiger partial charge on any atom is -0.336 e. The molecule has 2 rings (SSSR count). The molecule has 0 radical (unpaired) electrons. The van der Waals surface area contributed by atoms with E-state index >= 15 is 0 Å². The van der Waals surface area contributed by atoms with Crippen molar-refractivity contribution in [2.45, 2.75) is 33.6 Å². The molecule has 0 aliphatic rings. The Kier molecular flexibility index (Phi) is 4.36. The molecule has 2 aromatic rings. The average molecular weight is 315 g/mol. The Morgan fingerprint density at radius 1 is 1.43 bits per heavy atom. The van der Waals surface area contributed by atoms with E-state index in [2.05, 4.69) is 0 Å². The van der Waals surface area contributed by atoms with Crippen LogP contribution >= 0.6 is 0 Å². The first-order chi connectivity index (χ1) is 10.7. The third-order valence-corrected chi connectivity index (χ3v) is 3.19. The lowest BCUT2D eigenvalue weighted by Gasteiger charge is -2.16. The first kappa shape index (κ1) is 16.5. The number of non-ortho nitro benzene ring substituents is 1. The van der Waals surface area contributed by atoms with E-state index in [0.717, 1.165) is 0 Å². The van der Waals surface area contributed by atoms with Crippen LogP contribution in [0.1, 0.15) is 32.8 Å². The molecule has 0 atom stereocenters. The summed E-state index contributed by atoms with van der Waals surface area (Å²) in [4.78, 5) is 28.0. The predicted molar refractivity (Wildman–Crippen MR) is 83.6 cm³/mol. The molecule has 0 saturated carbocycles. The summed E-state index contributed by atoms with van der Waals surface area (Å²) in [6.07, 6.45) is 1.65. The van der Waals surface area contributed by atoms with E-state index in [-0.39, 0.29) is 23.9 Å². The van der Waals surface area contributed by atoms with E-state index < -0.39 is 10.9 Å². The predicted octanol–water partition coefficient (Wildman–Crippen LogP) is 3.01. The van der Waals surface area contributed by atoms with Gasteiger partial charge in [0, 0.05) is 11.6 Å². The van der Waals surface area contributed by atoms with Gasteiger partial charge in [0.15, 0.2) is 0 Å². The highest BCUT2D eigenvalue weighted by Crippen LogP contribution is 2.30. The molecule has 23 heavy (non-hydrogen) atoms. The summed E-state index contributed by atoms with van der Waals surface area (Å²) in [7, 11) is 0. The number of carbonyl (C=O) groups excluding carboxylic acids is 1. The molecule has 0 fully saturated rings. The van der Waals surface area contributed by atoms with Gasteiger partial charge in [-0.1, -0.05) is 26.8 Å². The maximum absolute atomic E-state index is 12.0. The van der Waals surface area contributed by atoms with Crippen molar-refractivity contribution in [1.29, 1.82) is 5.26 Å². The minimum absolute atomic E-state index is 0.00876. The lowest BCUT2D eigenvalue weighted by molar-refractivity contribution is -0.383. The summed E-state index contributed by atoms with van der Waals surface area (Å²) in [5, 5.41) is 20.4. The smallest absolute Gasteiger partial charge is 0.333 e. The summed E-state index contributed by atoms with van der Waals surface area (Å²) >= 11 is 0. The van der Waals surface area contributed by atoms with E-state index in [1.54, 1.807) is 6.07 Å². The molecular weight excluding hydrogens is 298 g/mol. The number of carbonyl (C=O) groups is 1. The minimum atomic E-state index is -0.509. The van der Waals surface area contributed by atoms with Gasteiger partial charge in [-0.15, -0.1) is 0 Å². The zero-order chi connectivity index (χ0) is 17.2. The summed E-state index contributed by atoms with van der Waals surface area (Å²) in [5.74, 6) is -0.440. The van der Waals surface area contributed by atoms with Crippen molar-refractivity contribution >= 4 is 22.6 Å². The van der Waals surface area contributed by atoms with E-state index in [0.29, 0.717) is 16.5 Å². The third kappa shape index (κ3) is 3.66. The largest absolute Gasteiger partial charge is 0.336 e. The Morgan fingerprint density at radius 3 is 2.70 bits per heavy atom. The van der Waals surface area contributed by atoms with Crippen LogP contribution in [0.25, 0.3) is 10.9 Å². The standard InChI is InChI=1S/C16H17N3O4/c1-16(2,3)9-14(20)23-18-10-11(7-8-17)15-12(18)5-4-6-13(15)19(21)22/h4-6,10H,7,9H2,1-3H3. The molecule has 0 spiro atoms. The van der Waals surface area contributed by atoms with Gasteiger partial charge in [0.05, 0.1) is 40.9 Å². The van der Waals surface area contributed by atoms with Crippen LogP contribution in [0, 0.1) is 26.9 Å². The first-order valence-electron chi connectivity index (χ1n) is 7.08. The van der Waals surface area contributed by atoms with Gasteiger partial charge in [-0.25, -0.2) is 4.79 Å². The molecule has 7 heteroatoms. The summed E-state index contributed by atoms with van der Waals surface area (Å²) in [6, 6.07) is 6.47. The van der Waals surface area contributed by atoms with E-state index in [4.69, 9.17) is 10.1 Å². The van der Waals surface area contributed by atoms with Crippen LogP contribution in [-0.2, 0) is 11.2 Å². The van der Waals surface area contributed by atoms with Crippen LogP contribution in [0.5, 0.6) is 0 Å². The zero-order valence-corrected chi connectivity index (χ0v) is 13.2. The number of aromatic nitrogens is 1. The van der Waals surface area contributed by atoms with Crippen molar-refractivity contribution in [3.05, 3.63) is 40.1 Å². The summed E-state index contributed by atoms with van der Waals surface area (Å²) in [6.45, 7) is 5.73. The SMILES string of the molecule is CC(C)(C)CC(=O)On1cc(CC#N)c2c([N+](=O)[O-])cccc21. The van der Waals surface area contributed by atoms with E-state index in [9.17, 15) is 14.9 Å². The highest BCUT2D eigenvalue weighted by Gasteiger charge is 2.22. The van der Waals surface area contributed by atoms with Crippen molar-refractivity contribution < 1.29 is 14.6 Å². The van der Waals surface area contributed by atoms with Crippen LogP contribution in [0.3, 0.4) is 0 Å². The van der Waals surface area contributed by atoms with Crippen LogP contribution in [-0.4, -0.2) is 15.6 Å². The van der Waals surface area contributed by atoms with Gasteiger partial charge in [-0.2, -0.15) is 9.99 Å². The second-order valence-corrected chi connectivity index (χ2v) is 6.44. The van der Waals surface area contributed by atoms with Gasteiger partial charge >= 0.3 is 5.97 Å². The van der Waals surface area contributed by atoms with Gasteiger partial charge in [0.1, 0.15) is 0 Å². The Bertz CT molecular complexity index is 809. The number of fused-ring (bicyclic) bond motifs is 1. The van der Waals surface area contributed by atoms with Crippen molar-refractivity contribution in [2.24, 2.45) is 5.41 Å². The van der Waals surface area contributed by atoms with Gasteiger partial charge in [0.25, 0.3) is 5.69 Å². The molecule has 1 aromatic heterocycles. The van der Waals surface area contributed by atoms with E-state index in [1.807, 2.05) is 26.8 Å². The molecule has 1 aromatic carbocycles.